The summed E-state index contributed by atoms with van der Waals surface area (Å²) < 4.78 is 2.70. The lowest BCUT2D eigenvalue weighted by molar-refractivity contribution is 1.56. The van der Waals surface area contributed by atoms with Crippen LogP contribution < -0.4 is 0 Å². The van der Waals surface area contributed by atoms with Crippen molar-refractivity contribution < 1.29 is 0 Å². The molecule has 0 saturated heterocycles. The minimum absolute atomic E-state index is 1.18. The van der Waals surface area contributed by atoms with Crippen molar-refractivity contribution in [2.75, 3.05) is 0 Å². The van der Waals surface area contributed by atoms with E-state index < -0.39 is 0 Å². The molecule has 0 aliphatic heterocycles. The molecule has 0 spiro atoms. The van der Waals surface area contributed by atoms with E-state index in [1.807, 2.05) is 11.3 Å². The molecule has 1 nitrogen and oxygen atoms in total. The van der Waals surface area contributed by atoms with Gasteiger partial charge in [-0.1, -0.05) is 109 Å². The number of aromatic nitrogens is 1. The molecule has 0 aliphatic carbocycles. The smallest absolute Gasteiger partial charge is 0.0545 e. The number of H-pyrrole nitrogens is 1. The van der Waals surface area contributed by atoms with Gasteiger partial charge in [-0.05, 0) is 34.4 Å². The first-order valence-electron chi connectivity index (χ1n) is 12.3. The second-order valence-corrected chi connectivity index (χ2v) is 10.5. The Labute approximate surface area is 212 Å². The van der Waals surface area contributed by atoms with Crippen molar-refractivity contribution in [1.82, 2.24) is 4.98 Å². The van der Waals surface area contributed by atoms with E-state index in [-0.39, 0.29) is 0 Å². The first kappa shape index (κ1) is 19.9. The van der Waals surface area contributed by atoms with Crippen LogP contribution >= 0.6 is 11.3 Å². The van der Waals surface area contributed by atoms with Crippen LogP contribution in [0.1, 0.15) is 0 Å². The van der Waals surface area contributed by atoms with E-state index in [1.54, 1.807) is 0 Å². The van der Waals surface area contributed by atoms with Crippen LogP contribution in [0.2, 0.25) is 0 Å². The molecule has 0 radical (unpaired) electrons. The summed E-state index contributed by atoms with van der Waals surface area (Å²) in [7, 11) is 0. The maximum atomic E-state index is 3.76. The highest BCUT2D eigenvalue weighted by Gasteiger charge is 2.14. The van der Waals surface area contributed by atoms with Crippen molar-refractivity contribution in [3.05, 3.63) is 121 Å². The molecule has 0 fully saturated rings. The van der Waals surface area contributed by atoms with Crippen LogP contribution in [0.5, 0.6) is 0 Å². The standard InChI is InChI=1S/C34H21NS/c1-3-7-21(8-4-1)23-11-13-25-27-15-18-30-28(33(27)35-31(25)19-23)16-17-29-26-14-12-24(20-32(26)36-34(29)30)22-9-5-2-6-10-22/h1-20,35H. The van der Waals surface area contributed by atoms with Gasteiger partial charge in [-0.15, -0.1) is 11.3 Å². The summed E-state index contributed by atoms with van der Waals surface area (Å²) in [6.45, 7) is 0. The zero-order valence-electron chi connectivity index (χ0n) is 19.5. The third kappa shape index (κ3) is 2.89. The zero-order chi connectivity index (χ0) is 23.6. The molecule has 8 rings (SSSR count). The first-order chi connectivity index (χ1) is 17.8. The number of benzene rings is 6. The third-order valence-electron chi connectivity index (χ3n) is 7.42. The lowest BCUT2D eigenvalue weighted by atomic mass is 10.0. The first-order valence-corrected chi connectivity index (χ1v) is 13.1. The van der Waals surface area contributed by atoms with Gasteiger partial charge in [-0.2, -0.15) is 0 Å². The highest BCUT2D eigenvalue weighted by molar-refractivity contribution is 7.26. The molecule has 0 unspecified atom stereocenters. The Morgan fingerprint density at radius 1 is 0.417 bits per heavy atom. The molecule has 168 valence electrons. The highest BCUT2D eigenvalue weighted by atomic mass is 32.1. The molecule has 0 amide bonds. The molecule has 0 atom stereocenters. The van der Waals surface area contributed by atoms with E-state index in [9.17, 15) is 0 Å². The van der Waals surface area contributed by atoms with Crippen LogP contribution in [-0.4, -0.2) is 4.98 Å². The SMILES string of the molecule is c1ccc(-c2ccc3c(c2)[nH]c2c3ccc3c2ccc2c4ccc(-c5ccccc5)cc4sc23)cc1. The molecular weight excluding hydrogens is 454 g/mol. The average molecular weight is 476 g/mol. The molecule has 36 heavy (non-hydrogen) atoms. The molecule has 0 aliphatic rings. The second-order valence-electron chi connectivity index (χ2n) is 9.46. The topological polar surface area (TPSA) is 15.8 Å². The van der Waals surface area contributed by atoms with Gasteiger partial charge in [0.2, 0.25) is 0 Å². The number of hydrogen-bond acceptors (Lipinski definition) is 1. The van der Waals surface area contributed by atoms with Crippen molar-refractivity contribution in [3.8, 4) is 22.3 Å². The number of nitrogens with one attached hydrogen (secondary N) is 1. The van der Waals surface area contributed by atoms with E-state index in [0.29, 0.717) is 0 Å². The van der Waals surface area contributed by atoms with Gasteiger partial charge in [0.1, 0.15) is 0 Å². The Bertz CT molecular complexity index is 1930. The van der Waals surface area contributed by atoms with Gasteiger partial charge in [0.05, 0.1) is 5.52 Å². The van der Waals surface area contributed by atoms with Crippen molar-refractivity contribution in [3.63, 3.8) is 0 Å². The fourth-order valence-corrected chi connectivity index (χ4v) is 6.91. The largest absolute Gasteiger partial charge is 0.354 e. The van der Waals surface area contributed by atoms with Crippen LogP contribution in [0.25, 0.3) is 75.0 Å². The number of rotatable bonds is 2. The predicted octanol–water partition coefficient (Wildman–Crippen LogP) is 10.2. The summed E-state index contributed by atoms with van der Waals surface area (Å²) >= 11 is 1.90. The van der Waals surface area contributed by atoms with Crippen molar-refractivity contribution in [2.45, 2.75) is 0 Å². The predicted molar refractivity (Wildman–Crippen MR) is 157 cm³/mol. The van der Waals surface area contributed by atoms with Gasteiger partial charge in [-0.25, -0.2) is 0 Å². The molecule has 2 aromatic heterocycles. The van der Waals surface area contributed by atoms with Crippen LogP contribution in [0.15, 0.2) is 121 Å². The third-order valence-corrected chi connectivity index (χ3v) is 8.62. The van der Waals surface area contributed by atoms with Crippen LogP contribution in [0.4, 0.5) is 0 Å². The van der Waals surface area contributed by atoms with Crippen molar-refractivity contribution in [1.29, 1.82) is 0 Å². The minimum Gasteiger partial charge on any atom is -0.354 e. The van der Waals surface area contributed by atoms with Crippen molar-refractivity contribution in [2.24, 2.45) is 0 Å². The lowest BCUT2D eigenvalue weighted by Gasteiger charge is -2.02. The summed E-state index contributed by atoms with van der Waals surface area (Å²) in [5.41, 5.74) is 7.41. The molecule has 6 aromatic carbocycles. The summed E-state index contributed by atoms with van der Waals surface area (Å²) in [5, 5.41) is 7.83. The maximum absolute atomic E-state index is 3.76. The fraction of sp³-hybridized carbons (Fsp3) is 0. The van der Waals surface area contributed by atoms with E-state index in [2.05, 4.69) is 126 Å². The van der Waals surface area contributed by atoms with Gasteiger partial charge in [0, 0.05) is 47.2 Å². The normalized spacial score (nSPS) is 11.9. The summed E-state index contributed by atoms with van der Waals surface area (Å²) in [6, 6.07) is 44.1. The number of hydrogen-bond donors (Lipinski definition) is 1. The molecule has 2 heteroatoms. The molecular formula is C34H21NS. The average Bonchev–Trinajstić information content (AvgIpc) is 3.51. The minimum atomic E-state index is 1.18. The Kier molecular flexibility index (Phi) is 4.16. The summed E-state index contributed by atoms with van der Waals surface area (Å²) in [5.74, 6) is 0. The molecule has 2 heterocycles. The molecule has 0 bridgehead atoms. The molecule has 1 N–H and O–H groups in total. The van der Waals surface area contributed by atoms with E-state index in [0.717, 1.165) is 0 Å². The molecule has 8 aromatic rings. The Hall–Kier alpha value is -4.40. The van der Waals surface area contributed by atoms with E-state index in [4.69, 9.17) is 0 Å². The highest BCUT2D eigenvalue weighted by Crippen LogP contribution is 2.42. The van der Waals surface area contributed by atoms with Crippen LogP contribution in [0.3, 0.4) is 0 Å². The second kappa shape index (κ2) is 7.55. The number of fused-ring (bicyclic) bond motifs is 9. The zero-order valence-corrected chi connectivity index (χ0v) is 20.3. The number of thiophene rings is 1. The van der Waals surface area contributed by atoms with E-state index in [1.165, 1.54) is 75.0 Å². The summed E-state index contributed by atoms with van der Waals surface area (Å²) in [4.78, 5) is 3.76. The lowest BCUT2D eigenvalue weighted by Crippen LogP contribution is -1.77. The summed E-state index contributed by atoms with van der Waals surface area (Å²) in [6.07, 6.45) is 0. The van der Waals surface area contributed by atoms with Gasteiger partial charge in [-0.3, -0.25) is 0 Å². The van der Waals surface area contributed by atoms with Crippen LogP contribution in [-0.2, 0) is 0 Å². The van der Waals surface area contributed by atoms with Gasteiger partial charge in [0.25, 0.3) is 0 Å². The Morgan fingerprint density at radius 3 is 1.64 bits per heavy atom. The maximum Gasteiger partial charge on any atom is 0.0545 e. The van der Waals surface area contributed by atoms with Gasteiger partial charge in [0.15, 0.2) is 0 Å². The van der Waals surface area contributed by atoms with Crippen LogP contribution in [0, 0.1) is 0 Å². The quantitative estimate of drug-likeness (QED) is 0.256. The van der Waals surface area contributed by atoms with Crippen molar-refractivity contribution >= 4 is 64.1 Å². The Balaban J connectivity index is 1.35. The van der Waals surface area contributed by atoms with Gasteiger partial charge < -0.3 is 4.98 Å². The number of aromatic amines is 1. The van der Waals surface area contributed by atoms with Gasteiger partial charge >= 0.3 is 0 Å². The molecule has 0 saturated carbocycles. The Morgan fingerprint density at radius 2 is 0.944 bits per heavy atom. The van der Waals surface area contributed by atoms with E-state index >= 15 is 0 Å². The fourth-order valence-electron chi connectivity index (χ4n) is 5.64. The monoisotopic (exact) mass is 475 g/mol.